The zero-order valence-electron chi connectivity index (χ0n) is 16.9. The van der Waals surface area contributed by atoms with Gasteiger partial charge in [-0.3, -0.25) is 4.40 Å². The summed E-state index contributed by atoms with van der Waals surface area (Å²) in [7, 11) is 1.62. The molecule has 0 aliphatic rings. The average Bonchev–Trinajstić information content (AvgIpc) is 3.30. The Bertz CT molecular complexity index is 1220. The van der Waals surface area contributed by atoms with Crippen molar-refractivity contribution in [3.8, 4) is 28.2 Å². The number of thiophene rings is 1. The summed E-state index contributed by atoms with van der Waals surface area (Å²) in [6.45, 7) is 6.43. The second kappa shape index (κ2) is 7.61. The van der Waals surface area contributed by atoms with Gasteiger partial charge in [0.1, 0.15) is 17.2 Å². The van der Waals surface area contributed by atoms with Crippen molar-refractivity contribution in [3.63, 3.8) is 0 Å². The van der Waals surface area contributed by atoms with E-state index in [4.69, 9.17) is 9.72 Å². The average molecular weight is 403 g/mol. The van der Waals surface area contributed by atoms with E-state index in [-0.39, 0.29) is 5.54 Å². The van der Waals surface area contributed by atoms with Gasteiger partial charge in [-0.05, 0) is 69.0 Å². The summed E-state index contributed by atoms with van der Waals surface area (Å²) in [5, 5.41) is 3.60. The number of fused-ring (bicyclic) bond motifs is 1. The molecular weight excluding hydrogens is 380 g/mol. The van der Waals surface area contributed by atoms with E-state index >= 15 is 0 Å². The van der Waals surface area contributed by atoms with Crippen molar-refractivity contribution in [2.24, 2.45) is 0 Å². The Morgan fingerprint density at radius 2 is 1.93 bits per heavy atom. The monoisotopic (exact) mass is 402 g/mol. The molecule has 4 aromatic heterocycles. The summed E-state index contributed by atoms with van der Waals surface area (Å²) in [5.74, 6) is 7.97. The maximum atomic E-state index is 5.32. The number of aromatic nitrogens is 3. The highest BCUT2D eigenvalue weighted by Crippen LogP contribution is 2.35. The largest absolute Gasteiger partial charge is 0.494 e. The minimum absolute atomic E-state index is 0.0873. The Labute approximate surface area is 174 Å². The third-order valence-corrected chi connectivity index (χ3v) is 5.16. The molecular formula is C23H22N4OS. The van der Waals surface area contributed by atoms with E-state index in [1.165, 1.54) is 0 Å². The molecule has 0 radical (unpaired) electrons. The summed E-state index contributed by atoms with van der Waals surface area (Å²) in [5.41, 5.74) is 2.39. The minimum Gasteiger partial charge on any atom is -0.494 e. The van der Waals surface area contributed by atoms with Gasteiger partial charge in [-0.2, -0.15) is 0 Å². The summed E-state index contributed by atoms with van der Waals surface area (Å²) < 4.78 is 7.41. The highest BCUT2D eigenvalue weighted by Gasteiger charge is 2.20. The fraction of sp³-hybridized carbons (Fsp3) is 0.217. The highest BCUT2D eigenvalue weighted by atomic mass is 32.1. The van der Waals surface area contributed by atoms with Gasteiger partial charge in [-0.1, -0.05) is 6.07 Å². The maximum absolute atomic E-state index is 5.32. The van der Waals surface area contributed by atoms with Crippen LogP contribution in [0.1, 0.15) is 31.3 Å². The number of hydrogen-bond donors (Lipinski definition) is 1. The molecule has 0 aliphatic heterocycles. The smallest absolute Gasteiger partial charge is 0.155 e. The molecule has 0 saturated carbocycles. The number of rotatable bonds is 3. The first kappa shape index (κ1) is 19.0. The lowest BCUT2D eigenvalue weighted by Crippen LogP contribution is -2.27. The number of nitrogens with zero attached hydrogens (tertiary/aromatic N) is 3. The van der Waals surface area contributed by atoms with Crippen LogP contribution in [-0.4, -0.2) is 27.0 Å². The lowest BCUT2D eigenvalue weighted by molar-refractivity contribution is 0.411. The van der Waals surface area contributed by atoms with Crippen molar-refractivity contribution in [1.29, 1.82) is 0 Å². The maximum Gasteiger partial charge on any atom is 0.155 e. The predicted octanol–water partition coefficient (Wildman–Crippen LogP) is 5.08. The number of methoxy groups -OCH3 is 1. The zero-order valence-corrected chi connectivity index (χ0v) is 17.7. The molecule has 0 bridgehead atoms. The first-order valence-corrected chi connectivity index (χ1v) is 10.1. The lowest BCUT2D eigenvalue weighted by Gasteiger charge is -2.22. The molecule has 0 spiro atoms. The Balaban J connectivity index is 1.73. The second-order valence-electron chi connectivity index (χ2n) is 7.58. The zero-order chi connectivity index (χ0) is 20.4. The van der Waals surface area contributed by atoms with Crippen molar-refractivity contribution in [2.45, 2.75) is 26.3 Å². The van der Waals surface area contributed by atoms with E-state index in [2.05, 4.69) is 53.4 Å². The van der Waals surface area contributed by atoms with Gasteiger partial charge >= 0.3 is 0 Å². The number of imidazole rings is 1. The first-order valence-electron chi connectivity index (χ1n) is 9.31. The van der Waals surface area contributed by atoms with Gasteiger partial charge in [0, 0.05) is 17.9 Å². The fourth-order valence-corrected chi connectivity index (χ4v) is 3.79. The van der Waals surface area contributed by atoms with Gasteiger partial charge in [0.2, 0.25) is 0 Å². The van der Waals surface area contributed by atoms with Crippen LogP contribution >= 0.6 is 11.3 Å². The molecule has 0 amide bonds. The van der Waals surface area contributed by atoms with Crippen LogP contribution in [-0.2, 0) is 0 Å². The molecule has 0 unspecified atom stereocenters. The highest BCUT2D eigenvalue weighted by molar-refractivity contribution is 7.16. The Morgan fingerprint density at radius 1 is 1.07 bits per heavy atom. The van der Waals surface area contributed by atoms with E-state index in [0.29, 0.717) is 11.4 Å². The molecule has 0 aromatic carbocycles. The first-order chi connectivity index (χ1) is 13.9. The molecule has 4 aromatic rings. The van der Waals surface area contributed by atoms with Gasteiger partial charge in [0.15, 0.2) is 11.4 Å². The molecule has 5 nitrogen and oxygen atoms in total. The predicted molar refractivity (Wildman–Crippen MR) is 119 cm³/mol. The molecule has 4 rings (SSSR count). The number of ether oxygens (including phenoxy) is 1. The Kier molecular flexibility index (Phi) is 4.99. The molecule has 0 saturated heterocycles. The van der Waals surface area contributed by atoms with Crippen molar-refractivity contribution < 1.29 is 4.74 Å². The van der Waals surface area contributed by atoms with Crippen LogP contribution in [0.5, 0.6) is 5.75 Å². The van der Waals surface area contributed by atoms with Gasteiger partial charge in [-0.15, -0.1) is 11.3 Å². The number of hydrogen-bond acceptors (Lipinski definition) is 5. The van der Waals surface area contributed by atoms with Gasteiger partial charge in [0.25, 0.3) is 0 Å². The fourth-order valence-electron chi connectivity index (χ4n) is 2.94. The SMILES string of the molecule is COc1cccnc1C#Cc1ccc(-c2nc3ccccn3c2NC(C)(C)C)s1. The molecule has 6 heteroatoms. The number of nitrogens with one attached hydrogen (secondary N) is 1. The van der Waals surface area contributed by atoms with E-state index in [1.807, 2.05) is 42.6 Å². The van der Waals surface area contributed by atoms with E-state index in [1.54, 1.807) is 24.6 Å². The summed E-state index contributed by atoms with van der Waals surface area (Å²) in [6, 6.07) is 13.8. The van der Waals surface area contributed by atoms with Gasteiger partial charge in [0.05, 0.1) is 16.9 Å². The van der Waals surface area contributed by atoms with E-state index in [9.17, 15) is 0 Å². The van der Waals surface area contributed by atoms with E-state index in [0.717, 1.165) is 26.9 Å². The molecule has 0 fully saturated rings. The van der Waals surface area contributed by atoms with Crippen molar-refractivity contribution in [3.05, 3.63) is 65.4 Å². The molecule has 146 valence electrons. The third kappa shape index (κ3) is 4.10. The quantitative estimate of drug-likeness (QED) is 0.486. The van der Waals surface area contributed by atoms with Crippen LogP contribution in [0, 0.1) is 11.8 Å². The molecule has 0 aliphatic carbocycles. The number of pyridine rings is 2. The van der Waals surface area contributed by atoms with Crippen LogP contribution < -0.4 is 10.1 Å². The summed E-state index contributed by atoms with van der Waals surface area (Å²) in [6.07, 6.45) is 3.75. The topological polar surface area (TPSA) is 51.5 Å². The lowest BCUT2D eigenvalue weighted by atomic mass is 10.1. The summed E-state index contributed by atoms with van der Waals surface area (Å²) in [4.78, 5) is 11.2. The van der Waals surface area contributed by atoms with Crippen LogP contribution in [0.4, 0.5) is 5.82 Å². The van der Waals surface area contributed by atoms with Crippen molar-refractivity contribution in [1.82, 2.24) is 14.4 Å². The van der Waals surface area contributed by atoms with Crippen molar-refractivity contribution >= 4 is 22.8 Å². The Hall–Kier alpha value is -3.30. The van der Waals surface area contributed by atoms with Crippen molar-refractivity contribution in [2.75, 3.05) is 12.4 Å². The molecule has 29 heavy (non-hydrogen) atoms. The van der Waals surface area contributed by atoms with Crippen LogP contribution in [0.3, 0.4) is 0 Å². The van der Waals surface area contributed by atoms with Crippen LogP contribution in [0.15, 0.2) is 54.9 Å². The second-order valence-corrected chi connectivity index (χ2v) is 8.66. The summed E-state index contributed by atoms with van der Waals surface area (Å²) >= 11 is 1.62. The number of anilines is 1. The molecule has 0 atom stereocenters. The van der Waals surface area contributed by atoms with Crippen LogP contribution in [0.2, 0.25) is 0 Å². The Morgan fingerprint density at radius 3 is 2.72 bits per heavy atom. The molecule has 1 N–H and O–H groups in total. The van der Waals surface area contributed by atoms with Gasteiger partial charge < -0.3 is 10.1 Å². The van der Waals surface area contributed by atoms with Gasteiger partial charge in [-0.25, -0.2) is 9.97 Å². The van der Waals surface area contributed by atoms with E-state index < -0.39 is 0 Å². The molecule has 4 heterocycles. The van der Waals surface area contributed by atoms with Crippen LogP contribution in [0.25, 0.3) is 16.2 Å². The standard InChI is InChI=1S/C23H22N4OS/c1-23(2,3)26-22-21(25-20-9-5-6-15-27(20)22)19-13-11-16(29-19)10-12-17-18(28-4)8-7-14-24-17/h5-9,11,13-15,26H,1-4H3. The minimum atomic E-state index is -0.0873. The normalized spacial score (nSPS) is 11.2. The third-order valence-electron chi connectivity index (χ3n) is 4.16.